The molecule has 0 spiro atoms. The van der Waals surface area contributed by atoms with Gasteiger partial charge in [0.25, 0.3) is 0 Å². The number of pyridine rings is 1. The van der Waals surface area contributed by atoms with Crippen LogP contribution in [0.25, 0.3) is 16.9 Å². The van der Waals surface area contributed by atoms with Gasteiger partial charge in [-0.1, -0.05) is 25.5 Å². The highest BCUT2D eigenvalue weighted by Gasteiger charge is 2.13. The molecule has 0 aliphatic rings. The molecule has 0 amide bonds. The zero-order valence-corrected chi connectivity index (χ0v) is 13.1. The van der Waals surface area contributed by atoms with Gasteiger partial charge in [0.2, 0.25) is 0 Å². The summed E-state index contributed by atoms with van der Waals surface area (Å²) < 4.78 is 2.05. The van der Waals surface area contributed by atoms with Gasteiger partial charge < -0.3 is 0 Å². The Morgan fingerprint density at radius 1 is 1.05 bits per heavy atom. The van der Waals surface area contributed by atoms with E-state index in [0.29, 0.717) is 5.88 Å². The number of imidazole rings is 1. The molecule has 0 N–H and O–H groups in total. The zero-order valence-electron chi connectivity index (χ0n) is 12.3. The van der Waals surface area contributed by atoms with Gasteiger partial charge in [0.05, 0.1) is 5.88 Å². The van der Waals surface area contributed by atoms with Crippen LogP contribution in [0.2, 0.25) is 0 Å². The maximum atomic E-state index is 6.06. The molecule has 2 heterocycles. The molecule has 0 aliphatic carbocycles. The summed E-state index contributed by atoms with van der Waals surface area (Å²) in [6, 6.07) is 12.5. The summed E-state index contributed by atoms with van der Waals surface area (Å²) in [4.78, 5) is 9.20. The van der Waals surface area contributed by atoms with Gasteiger partial charge in [0, 0.05) is 11.4 Å². The number of aromatic nitrogens is 3. The molecule has 3 rings (SSSR count). The van der Waals surface area contributed by atoms with E-state index in [4.69, 9.17) is 11.6 Å². The average Bonchev–Trinajstić information content (AvgIpc) is 2.86. The van der Waals surface area contributed by atoms with Crippen molar-refractivity contribution >= 4 is 22.8 Å². The van der Waals surface area contributed by atoms with Gasteiger partial charge in [-0.2, -0.15) is 0 Å². The molecule has 0 fully saturated rings. The van der Waals surface area contributed by atoms with Gasteiger partial charge in [-0.05, 0) is 43.2 Å². The molecule has 0 unspecified atom stereocenters. The van der Waals surface area contributed by atoms with Gasteiger partial charge in [0.15, 0.2) is 5.65 Å². The predicted octanol–water partition coefficient (Wildman–Crippen LogP) is 4.42. The summed E-state index contributed by atoms with van der Waals surface area (Å²) in [7, 11) is 0. The minimum atomic E-state index is 0.367. The van der Waals surface area contributed by atoms with E-state index in [1.165, 1.54) is 5.56 Å². The van der Waals surface area contributed by atoms with E-state index < -0.39 is 0 Å². The van der Waals surface area contributed by atoms with Crippen LogP contribution >= 0.6 is 11.6 Å². The van der Waals surface area contributed by atoms with Crippen LogP contribution in [0.3, 0.4) is 0 Å². The minimum absolute atomic E-state index is 0.367. The maximum Gasteiger partial charge on any atom is 0.164 e. The van der Waals surface area contributed by atoms with Gasteiger partial charge in [-0.25, -0.2) is 9.97 Å². The van der Waals surface area contributed by atoms with E-state index in [-0.39, 0.29) is 0 Å². The average molecular weight is 300 g/mol. The number of halogens is 1. The zero-order chi connectivity index (χ0) is 14.8. The standard InChI is InChI=1S/C17H18ClN3/c1-3-4-13-6-8-14(9-7-13)21-16(11-18)20-15-10-5-12(2)19-17(15)21/h5-10H,3-4,11H2,1-2H3. The third-order valence-corrected chi connectivity index (χ3v) is 3.80. The fourth-order valence-corrected chi connectivity index (χ4v) is 2.74. The van der Waals surface area contributed by atoms with Gasteiger partial charge in [-0.15, -0.1) is 11.6 Å². The Bertz CT molecular complexity index is 760. The number of fused-ring (bicyclic) bond motifs is 1. The van der Waals surface area contributed by atoms with Crippen LogP contribution in [0.5, 0.6) is 0 Å². The third-order valence-electron chi connectivity index (χ3n) is 3.57. The number of benzene rings is 1. The predicted molar refractivity (Wildman–Crippen MR) is 87.2 cm³/mol. The summed E-state index contributed by atoms with van der Waals surface area (Å²) in [5, 5.41) is 0. The monoisotopic (exact) mass is 299 g/mol. The topological polar surface area (TPSA) is 30.7 Å². The molecule has 0 aliphatic heterocycles. The highest BCUT2D eigenvalue weighted by atomic mass is 35.5. The van der Waals surface area contributed by atoms with Crippen molar-refractivity contribution in [3.63, 3.8) is 0 Å². The lowest BCUT2D eigenvalue weighted by Gasteiger charge is -2.08. The minimum Gasteiger partial charge on any atom is -0.280 e. The summed E-state index contributed by atoms with van der Waals surface area (Å²) >= 11 is 6.06. The Morgan fingerprint density at radius 2 is 1.81 bits per heavy atom. The molecule has 1 aromatic carbocycles. The van der Waals surface area contributed by atoms with Crippen LogP contribution in [0, 0.1) is 6.92 Å². The third kappa shape index (κ3) is 2.66. The first-order valence-electron chi connectivity index (χ1n) is 7.23. The van der Waals surface area contributed by atoms with E-state index >= 15 is 0 Å². The summed E-state index contributed by atoms with van der Waals surface area (Å²) in [6.07, 6.45) is 2.26. The van der Waals surface area contributed by atoms with Crippen molar-refractivity contribution in [2.45, 2.75) is 32.6 Å². The number of hydrogen-bond donors (Lipinski definition) is 0. The Kier molecular flexibility index (Phi) is 3.93. The lowest BCUT2D eigenvalue weighted by molar-refractivity contribution is 0.916. The highest BCUT2D eigenvalue weighted by molar-refractivity contribution is 6.16. The first kappa shape index (κ1) is 14.1. The number of aryl methyl sites for hydroxylation is 2. The fourth-order valence-electron chi connectivity index (χ4n) is 2.56. The normalized spacial score (nSPS) is 11.2. The van der Waals surface area contributed by atoms with E-state index in [1.807, 2.05) is 23.6 Å². The Balaban J connectivity index is 2.15. The number of nitrogens with zero attached hydrogens (tertiary/aromatic N) is 3. The first-order valence-corrected chi connectivity index (χ1v) is 7.76. The van der Waals surface area contributed by atoms with Crippen LogP contribution in [-0.4, -0.2) is 14.5 Å². The maximum absolute atomic E-state index is 6.06. The van der Waals surface area contributed by atoms with Gasteiger partial charge >= 0.3 is 0 Å². The first-order chi connectivity index (χ1) is 10.2. The molecular formula is C17H18ClN3. The molecule has 108 valence electrons. The Labute approximate surface area is 129 Å². The second-order valence-electron chi connectivity index (χ2n) is 5.21. The van der Waals surface area contributed by atoms with E-state index in [1.54, 1.807) is 0 Å². The summed E-state index contributed by atoms with van der Waals surface area (Å²) in [5.74, 6) is 1.19. The molecule has 0 saturated heterocycles. The second-order valence-corrected chi connectivity index (χ2v) is 5.48. The molecular weight excluding hydrogens is 282 g/mol. The molecule has 4 heteroatoms. The lowest BCUT2D eigenvalue weighted by Crippen LogP contribution is -2.01. The highest BCUT2D eigenvalue weighted by Crippen LogP contribution is 2.22. The van der Waals surface area contributed by atoms with Crippen molar-refractivity contribution in [1.82, 2.24) is 14.5 Å². The van der Waals surface area contributed by atoms with Crippen LogP contribution < -0.4 is 0 Å². The van der Waals surface area contributed by atoms with Gasteiger partial charge in [0.1, 0.15) is 11.3 Å². The van der Waals surface area contributed by atoms with Crippen molar-refractivity contribution in [3.8, 4) is 5.69 Å². The van der Waals surface area contributed by atoms with Crippen LogP contribution in [-0.2, 0) is 12.3 Å². The van der Waals surface area contributed by atoms with Crippen molar-refractivity contribution < 1.29 is 0 Å². The Morgan fingerprint density at radius 3 is 2.48 bits per heavy atom. The van der Waals surface area contributed by atoms with Crippen LogP contribution in [0.1, 0.15) is 30.4 Å². The molecule has 0 bridgehead atoms. The van der Waals surface area contributed by atoms with E-state index in [9.17, 15) is 0 Å². The van der Waals surface area contributed by atoms with E-state index in [2.05, 4.69) is 41.2 Å². The molecule has 21 heavy (non-hydrogen) atoms. The quantitative estimate of drug-likeness (QED) is 0.668. The van der Waals surface area contributed by atoms with Crippen molar-refractivity contribution in [3.05, 3.63) is 53.5 Å². The molecule has 0 radical (unpaired) electrons. The molecule has 2 aromatic heterocycles. The van der Waals surface area contributed by atoms with Gasteiger partial charge in [-0.3, -0.25) is 4.57 Å². The number of hydrogen-bond acceptors (Lipinski definition) is 2. The number of alkyl halides is 1. The summed E-state index contributed by atoms with van der Waals surface area (Å²) in [6.45, 7) is 4.18. The molecule has 0 atom stereocenters. The largest absolute Gasteiger partial charge is 0.280 e. The number of rotatable bonds is 4. The van der Waals surface area contributed by atoms with Crippen molar-refractivity contribution in [1.29, 1.82) is 0 Å². The molecule has 3 nitrogen and oxygen atoms in total. The second kappa shape index (κ2) is 5.86. The lowest BCUT2D eigenvalue weighted by atomic mass is 10.1. The summed E-state index contributed by atoms with van der Waals surface area (Å²) in [5.41, 5.74) is 5.14. The van der Waals surface area contributed by atoms with Crippen LogP contribution in [0.4, 0.5) is 0 Å². The SMILES string of the molecule is CCCc1ccc(-n2c(CCl)nc3ccc(C)nc32)cc1. The molecule has 3 aromatic rings. The van der Waals surface area contributed by atoms with E-state index in [0.717, 1.165) is 41.2 Å². The smallest absolute Gasteiger partial charge is 0.164 e. The molecule has 0 saturated carbocycles. The fraction of sp³-hybridized carbons (Fsp3) is 0.294. The van der Waals surface area contributed by atoms with Crippen molar-refractivity contribution in [2.24, 2.45) is 0 Å². The van der Waals surface area contributed by atoms with Crippen LogP contribution in [0.15, 0.2) is 36.4 Å². The van der Waals surface area contributed by atoms with Crippen molar-refractivity contribution in [2.75, 3.05) is 0 Å². The Hall–Kier alpha value is -1.87.